The Balaban J connectivity index is 1.57. The van der Waals surface area contributed by atoms with Crippen LogP contribution >= 0.6 is 11.8 Å². The first-order chi connectivity index (χ1) is 16.6. The third kappa shape index (κ3) is 4.34. The number of ketones is 1. The van der Waals surface area contributed by atoms with Gasteiger partial charge < -0.3 is 9.64 Å². The highest BCUT2D eigenvalue weighted by atomic mass is 32.2. The van der Waals surface area contributed by atoms with Crippen molar-refractivity contribution < 1.29 is 14.3 Å². The normalized spacial score (nSPS) is 15.5. The van der Waals surface area contributed by atoms with E-state index in [1.807, 2.05) is 83.9 Å². The molecule has 4 aromatic rings. The van der Waals surface area contributed by atoms with E-state index in [1.165, 1.54) is 11.8 Å². The third-order valence-electron chi connectivity index (χ3n) is 5.76. The fraction of sp³-hybridized carbons (Fsp3) is 0.148. The van der Waals surface area contributed by atoms with Gasteiger partial charge in [0.2, 0.25) is 11.7 Å². The maximum Gasteiger partial charge on any atom is 0.234 e. The number of carbonyl (C=O) groups is 2. The average molecular weight is 470 g/mol. The Morgan fingerprint density at radius 3 is 2.35 bits per heavy atom. The number of amides is 1. The van der Waals surface area contributed by atoms with E-state index in [0.29, 0.717) is 23.6 Å². The highest BCUT2D eigenvalue weighted by Gasteiger charge is 2.37. The minimum absolute atomic E-state index is 0.0501. The van der Waals surface area contributed by atoms with Crippen molar-refractivity contribution in [2.45, 2.75) is 11.9 Å². The number of ether oxygens (including phenoxy) is 1. The number of methoxy groups -OCH3 is 1. The van der Waals surface area contributed by atoms with Gasteiger partial charge in [-0.05, 0) is 29.8 Å². The molecule has 1 aromatic heterocycles. The predicted octanol–water partition coefficient (Wildman–Crippen LogP) is 4.89. The molecule has 0 radical (unpaired) electrons. The highest BCUT2D eigenvalue weighted by Crippen LogP contribution is 2.41. The van der Waals surface area contributed by atoms with Gasteiger partial charge in [0, 0.05) is 23.9 Å². The smallest absolute Gasteiger partial charge is 0.234 e. The van der Waals surface area contributed by atoms with Crippen LogP contribution in [0.3, 0.4) is 0 Å². The summed E-state index contributed by atoms with van der Waals surface area (Å²) in [7, 11) is 1.62. The van der Waals surface area contributed by atoms with Gasteiger partial charge in [-0.1, -0.05) is 60.7 Å². The molecule has 0 N–H and O–H groups in total. The molecule has 1 saturated heterocycles. The maximum absolute atomic E-state index is 13.5. The monoisotopic (exact) mass is 469 g/mol. The van der Waals surface area contributed by atoms with E-state index in [0.717, 1.165) is 22.6 Å². The van der Waals surface area contributed by atoms with Gasteiger partial charge in [0.15, 0.2) is 0 Å². The van der Waals surface area contributed by atoms with Gasteiger partial charge in [0.25, 0.3) is 0 Å². The molecule has 3 aromatic carbocycles. The minimum atomic E-state index is -0.303. The van der Waals surface area contributed by atoms with Gasteiger partial charge in [-0.2, -0.15) is 5.10 Å². The third-order valence-corrected chi connectivity index (χ3v) is 7.00. The number of thioether (sulfide) groups is 1. The molecule has 1 fully saturated rings. The van der Waals surface area contributed by atoms with Crippen LogP contribution < -0.4 is 4.74 Å². The number of hydrogen-bond donors (Lipinski definition) is 0. The summed E-state index contributed by atoms with van der Waals surface area (Å²) in [6.45, 7) is 0.476. The number of nitrogens with zero attached hydrogens (tertiary/aromatic N) is 3. The van der Waals surface area contributed by atoms with Crippen LogP contribution in [0, 0.1) is 0 Å². The summed E-state index contributed by atoms with van der Waals surface area (Å²) in [5.74, 6) is 0.990. The van der Waals surface area contributed by atoms with Crippen molar-refractivity contribution in [3.63, 3.8) is 0 Å². The number of benzene rings is 3. The molecule has 1 aliphatic heterocycles. The molecular weight excluding hydrogens is 446 g/mol. The average Bonchev–Trinajstić information content (AvgIpc) is 3.49. The number of hydrogen-bond acceptors (Lipinski definition) is 5. The van der Waals surface area contributed by atoms with Gasteiger partial charge >= 0.3 is 0 Å². The van der Waals surface area contributed by atoms with Crippen molar-refractivity contribution >= 4 is 23.5 Å². The van der Waals surface area contributed by atoms with Crippen LogP contribution in [0.4, 0.5) is 0 Å². The number of rotatable bonds is 7. The fourth-order valence-corrected chi connectivity index (χ4v) is 5.19. The lowest BCUT2D eigenvalue weighted by Gasteiger charge is -2.24. The minimum Gasteiger partial charge on any atom is -0.497 e. The Morgan fingerprint density at radius 2 is 1.68 bits per heavy atom. The Bertz CT molecular complexity index is 1300. The summed E-state index contributed by atoms with van der Waals surface area (Å²) in [5, 5.41) is 4.40. The summed E-state index contributed by atoms with van der Waals surface area (Å²) in [5.41, 5.74) is 3.50. The van der Waals surface area contributed by atoms with Crippen molar-refractivity contribution in [2.75, 3.05) is 12.9 Å². The molecular formula is C27H23N3O3S. The maximum atomic E-state index is 13.5. The molecule has 0 unspecified atom stereocenters. The Kier molecular flexibility index (Phi) is 6.18. The van der Waals surface area contributed by atoms with Crippen molar-refractivity contribution in [3.8, 4) is 11.4 Å². The van der Waals surface area contributed by atoms with Crippen molar-refractivity contribution in [2.24, 2.45) is 0 Å². The largest absolute Gasteiger partial charge is 0.497 e. The van der Waals surface area contributed by atoms with Crippen LogP contribution in [0.15, 0.2) is 91.1 Å². The van der Waals surface area contributed by atoms with Crippen LogP contribution in [0.25, 0.3) is 5.69 Å². The Morgan fingerprint density at radius 1 is 1.00 bits per heavy atom. The van der Waals surface area contributed by atoms with E-state index >= 15 is 0 Å². The summed E-state index contributed by atoms with van der Waals surface area (Å²) in [4.78, 5) is 28.2. The summed E-state index contributed by atoms with van der Waals surface area (Å²) in [6.07, 6.45) is 1.87. The molecule has 1 aliphatic rings. The fourth-order valence-electron chi connectivity index (χ4n) is 4.00. The van der Waals surface area contributed by atoms with Crippen LogP contribution in [0.1, 0.15) is 32.6 Å². The van der Waals surface area contributed by atoms with Crippen molar-refractivity contribution in [1.29, 1.82) is 0 Å². The highest BCUT2D eigenvalue weighted by molar-refractivity contribution is 8.00. The molecule has 0 aliphatic carbocycles. The number of carbonyl (C=O) groups excluding carboxylic acids is 2. The summed E-state index contributed by atoms with van der Waals surface area (Å²) >= 11 is 1.52. The molecule has 0 saturated carbocycles. The molecule has 7 heteroatoms. The molecule has 0 bridgehead atoms. The SMILES string of the molecule is COc1ccc(-n2cc([C@H]3SCC(=O)N3Cc3ccccc3)c(C(=O)c3ccccc3)n2)cc1. The molecule has 0 spiro atoms. The zero-order chi connectivity index (χ0) is 23.5. The zero-order valence-corrected chi connectivity index (χ0v) is 19.4. The van der Waals surface area contributed by atoms with Gasteiger partial charge in [0.1, 0.15) is 16.8 Å². The summed E-state index contributed by atoms with van der Waals surface area (Å²) < 4.78 is 6.97. The lowest BCUT2D eigenvalue weighted by molar-refractivity contribution is -0.128. The van der Waals surface area contributed by atoms with Crippen LogP contribution in [-0.4, -0.2) is 39.2 Å². The van der Waals surface area contributed by atoms with Crippen molar-refractivity contribution in [1.82, 2.24) is 14.7 Å². The first-order valence-corrected chi connectivity index (χ1v) is 12.0. The van der Waals surface area contributed by atoms with Crippen molar-refractivity contribution in [3.05, 3.63) is 114 Å². The lowest BCUT2D eigenvalue weighted by atomic mass is 10.0. The molecule has 2 heterocycles. The Hall–Kier alpha value is -3.84. The predicted molar refractivity (Wildman–Crippen MR) is 132 cm³/mol. The van der Waals surface area contributed by atoms with Crippen LogP contribution in [0.5, 0.6) is 5.75 Å². The molecule has 1 amide bonds. The van der Waals surface area contributed by atoms with Gasteiger partial charge in [-0.25, -0.2) is 4.68 Å². The van der Waals surface area contributed by atoms with E-state index in [4.69, 9.17) is 9.84 Å². The van der Waals surface area contributed by atoms with E-state index in [-0.39, 0.29) is 17.1 Å². The van der Waals surface area contributed by atoms with Crippen LogP contribution in [0.2, 0.25) is 0 Å². The second kappa shape index (κ2) is 9.57. The lowest BCUT2D eigenvalue weighted by Crippen LogP contribution is -2.28. The Labute approximate surface area is 202 Å². The second-order valence-corrected chi connectivity index (χ2v) is 9.01. The first kappa shape index (κ1) is 22.0. The topological polar surface area (TPSA) is 64.4 Å². The molecule has 1 atom stereocenters. The first-order valence-electron chi connectivity index (χ1n) is 10.9. The second-order valence-electron chi connectivity index (χ2n) is 7.94. The molecule has 170 valence electrons. The van der Waals surface area contributed by atoms with Crippen LogP contribution in [-0.2, 0) is 11.3 Å². The molecule has 6 nitrogen and oxygen atoms in total. The van der Waals surface area contributed by atoms with E-state index in [2.05, 4.69) is 0 Å². The van der Waals surface area contributed by atoms with E-state index in [9.17, 15) is 9.59 Å². The summed E-state index contributed by atoms with van der Waals surface area (Å²) in [6, 6.07) is 26.5. The van der Waals surface area contributed by atoms with Gasteiger partial charge in [0.05, 0.1) is 18.6 Å². The van der Waals surface area contributed by atoms with E-state index < -0.39 is 0 Å². The standard InChI is InChI=1S/C27H23N3O3S/c1-33-22-14-12-21(13-15-22)30-17-23(25(28-30)26(32)20-10-6-3-7-11-20)27-29(24(31)18-34-27)16-19-8-4-2-5-9-19/h2-15,17,27H,16,18H2,1H3/t27-/m1/s1. The van der Waals surface area contributed by atoms with E-state index in [1.54, 1.807) is 23.9 Å². The molecule has 5 rings (SSSR count). The quantitative estimate of drug-likeness (QED) is 0.361. The number of aromatic nitrogens is 2. The van der Waals surface area contributed by atoms with Gasteiger partial charge in [-0.3, -0.25) is 9.59 Å². The zero-order valence-electron chi connectivity index (χ0n) is 18.6. The molecule has 34 heavy (non-hydrogen) atoms. The van der Waals surface area contributed by atoms with Gasteiger partial charge in [-0.15, -0.1) is 11.8 Å².